The minimum Gasteiger partial charge on any atom is -0.412 e. The highest BCUT2D eigenvalue weighted by Gasteiger charge is 2.20. The molecule has 1 heterocycles. The maximum absolute atomic E-state index is 12.8. The molecule has 100 valence electrons. The molecule has 1 aromatic carbocycles. The largest absolute Gasteiger partial charge is 0.412 e. The Hall–Kier alpha value is -2.24. The lowest BCUT2D eigenvalue weighted by atomic mass is 10.1. The van der Waals surface area contributed by atoms with E-state index in [1.807, 2.05) is 20.8 Å². The van der Waals surface area contributed by atoms with Crippen LogP contribution in [0.3, 0.4) is 0 Å². The number of nitrogens with zero attached hydrogens (tertiary/aromatic N) is 2. The summed E-state index contributed by atoms with van der Waals surface area (Å²) in [6.07, 6.45) is 0. The van der Waals surface area contributed by atoms with Crippen molar-refractivity contribution < 1.29 is 13.6 Å². The third-order valence-corrected chi connectivity index (χ3v) is 2.20. The van der Waals surface area contributed by atoms with Crippen molar-refractivity contribution in [2.45, 2.75) is 26.3 Å². The van der Waals surface area contributed by atoms with Gasteiger partial charge in [-0.2, -0.15) is 0 Å². The van der Waals surface area contributed by atoms with Gasteiger partial charge >= 0.3 is 11.8 Å². The van der Waals surface area contributed by atoms with E-state index < -0.39 is 5.91 Å². The molecule has 0 radical (unpaired) electrons. The van der Waals surface area contributed by atoms with E-state index in [4.69, 9.17) is 4.42 Å². The van der Waals surface area contributed by atoms with Gasteiger partial charge in [0.05, 0.1) is 0 Å². The van der Waals surface area contributed by atoms with Crippen LogP contribution in [0.1, 0.15) is 31.5 Å². The van der Waals surface area contributed by atoms with Gasteiger partial charge in [0.25, 0.3) is 0 Å². The van der Waals surface area contributed by atoms with Crippen LogP contribution in [0, 0.1) is 5.82 Å². The topological polar surface area (TPSA) is 68.0 Å². The van der Waals surface area contributed by atoms with E-state index in [0.717, 1.165) is 0 Å². The van der Waals surface area contributed by atoms with Crippen LogP contribution in [0.4, 0.5) is 4.39 Å². The Balaban J connectivity index is 2.19. The molecular formula is C13H14FN3O2. The number of nitrogens with one attached hydrogen (secondary N) is 1. The lowest BCUT2D eigenvalue weighted by Gasteiger charge is -2.18. The fraction of sp³-hybridized carbons (Fsp3) is 0.308. The molecule has 2 aromatic rings. The van der Waals surface area contributed by atoms with Crippen LogP contribution in [0.2, 0.25) is 0 Å². The molecule has 0 fully saturated rings. The Morgan fingerprint density at radius 3 is 2.42 bits per heavy atom. The van der Waals surface area contributed by atoms with E-state index in [-0.39, 0.29) is 23.1 Å². The summed E-state index contributed by atoms with van der Waals surface area (Å²) in [6, 6.07) is 5.59. The number of hydrogen-bond acceptors (Lipinski definition) is 4. The number of carbonyl (C=O) groups excluding carboxylic acids is 1. The first-order valence-electron chi connectivity index (χ1n) is 5.77. The number of benzene rings is 1. The summed E-state index contributed by atoms with van der Waals surface area (Å²) in [6.45, 7) is 5.55. The summed E-state index contributed by atoms with van der Waals surface area (Å²) in [7, 11) is 0. The highest BCUT2D eigenvalue weighted by atomic mass is 19.1. The zero-order valence-electron chi connectivity index (χ0n) is 10.9. The molecule has 1 N–H and O–H groups in total. The first-order chi connectivity index (χ1) is 8.85. The molecule has 0 aliphatic rings. The van der Waals surface area contributed by atoms with E-state index in [0.29, 0.717) is 5.56 Å². The number of carbonyl (C=O) groups is 1. The predicted octanol–water partition coefficient (Wildman–Crippen LogP) is 2.40. The molecule has 1 amide bonds. The molecule has 0 bridgehead atoms. The molecule has 1 aromatic heterocycles. The highest BCUT2D eigenvalue weighted by molar-refractivity contribution is 5.90. The molecule has 0 saturated heterocycles. The minimum atomic E-state index is -0.437. The van der Waals surface area contributed by atoms with Gasteiger partial charge in [0.15, 0.2) is 0 Å². The van der Waals surface area contributed by atoms with Gasteiger partial charge in [-0.1, -0.05) is 0 Å². The average molecular weight is 263 g/mol. The zero-order chi connectivity index (χ0) is 14.0. The summed E-state index contributed by atoms with van der Waals surface area (Å²) in [4.78, 5) is 11.8. The van der Waals surface area contributed by atoms with Gasteiger partial charge in [0, 0.05) is 11.1 Å². The normalized spacial score (nSPS) is 11.4. The van der Waals surface area contributed by atoms with E-state index >= 15 is 0 Å². The van der Waals surface area contributed by atoms with Gasteiger partial charge in [-0.3, -0.25) is 4.79 Å². The third-order valence-electron chi connectivity index (χ3n) is 2.20. The number of rotatable bonds is 2. The number of halogens is 1. The Morgan fingerprint density at radius 2 is 1.84 bits per heavy atom. The first kappa shape index (κ1) is 13.2. The third kappa shape index (κ3) is 3.37. The smallest absolute Gasteiger partial charge is 0.309 e. The number of hydrogen-bond donors (Lipinski definition) is 1. The monoisotopic (exact) mass is 263 g/mol. The summed E-state index contributed by atoms with van der Waals surface area (Å²) in [5.74, 6) is -0.726. The summed E-state index contributed by atoms with van der Waals surface area (Å²) in [5, 5.41) is 10.2. The van der Waals surface area contributed by atoms with Crippen molar-refractivity contribution in [3.8, 4) is 11.5 Å². The van der Waals surface area contributed by atoms with E-state index in [2.05, 4.69) is 15.5 Å². The van der Waals surface area contributed by atoms with Crippen molar-refractivity contribution in [2.75, 3.05) is 0 Å². The second-order valence-corrected chi connectivity index (χ2v) is 5.12. The molecule has 0 aliphatic heterocycles. The summed E-state index contributed by atoms with van der Waals surface area (Å²) < 4.78 is 18.1. The molecule has 0 aliphatic carbocycles. The predicted molar refractivity (Wildman–Crippen MR) is 66.9 cm³/mol. The van der Waals surface area contributed by atoms with Crippen LogP contribution in [-0.2, 0) is 0 Å². The van der Waals surface area contributed by atoms with Gasteiger partial charge in [-0.25, -0.2) is 4.39 Å². The highest BCUT2D eigenvalue weighted by Crippen LogP contribution is 2.18. The van der Waals surface area contributed by atoms with Crippen molar-refractivity contribution in [1.29, 1.82) is 0 Å². The van der Waals surface area contributed by atoms with Crippen LogP contribution in [-0.4, -0.2) is 21.6 Å². The molecule has 0 spiro atoms. The van der Waals surface area contributed by atoms with Gasteiger partial charge < -0.3 is 9.73 Å². The molecule has 0 saturated carbocycles. The molecule has 19 heavy (non-hydrogen) atoms. The fourth-order valence-corrected chi connectivity index (χ4v) is 1.42. The van der Waals surface area contributed by atoms with Gasteiger partial charge in [0.1, 0.15) is 5.82 Å². The summed E-state index contributed by atoms with van der Waals surface area (Å²) >= 11 is 0. The van der Waals surface area contributed by atoms with Gasteiger partial charge in [0.2, 0.25) is 5.89 Å². The molecule has 0 atom stereocenters. The maximum atomic E-state index is 12.8. The van der Waals surface area contributed by atoms with E-state index in [1.165, 1.54) is 24.3 Å². The molecule has 0 unspecified atom stereocenters. The Kier molecular flexibility index (Phi) is 3.33. The first-order valence-corrected chi connectivity index (χ1v) is 5.77. The van der Waals surface area contributed by atoms with Crippen molar-refractivity contribution in [2.24, 2.45) is 0 Å². The standard InChI is InChI=1S/C13H14FN3O2/c1-13(2,3)15-10(18)12-17-16-11(19-12)8-4-6-9(14)7-5-8/h4-7H,1-3H3,(H,15,18). The molecule has 6 heteroatoms. The fourth-order valence-electron chi connectivity index (χ4n) is 1.42. The SMILES string of the molecule is CC(C)(C)NC(=O)c1nnc(-c2ccc(F)cc2)o1. The quantitative estimate of drug-likeness (QED) is 0.903. The Bertz CT molecular complexity index is 585. The van der Waals surface area contributed by atoms with Crippen molar-refractivity contribution in [3.63, 3.8) is 0 Å². The average Bonchev–Trinajstić information content (AvgIpc) is 2.77. The molecule has 5 nitrogen and oxygen atoms in total. The van der Waals surface area contributed by atoms with Gasteiger partial charge in [-0.05, 0) is 45.0 Å². The second-order valence-electron chi connectivity index (χ2n) is 5.12. The Labute approximate surface area is 109 Å². The number of amides is 1. The van der Waals surface area contributed by atoms with Crippen molar-refractivity contribution in [1.82, 2.24) is 15.5 Å². The lowest BCUT2D eigenvalue weighted by Crippen LogP contribution is -2.40. The Morgan fingerprint density at radius 1 is 1.21 bits per heavy atom. The lowest BCUT2D eigenvalue weighted by molar-refractivity contribution is 0.0884. The van der Waals surface area contributed by atoms with E-state index in [9.17, 15) is 9.18 Å². The maximum Gasteiger partial charge on any atom is 0.309 e. The number of aromatic nitrogens is 2. The summed E-state index contributed by atoms with van der Waals surface area (Å²) in [5.41, 5.74) is 0.172. The van der Waals surface area contributed by atoms with Crippen LogP contribution >= 0.6 is 0 Å². The minimum absolute atomic E-state index is 0.116. The van der Waals surface area contributed by atoms with Crippen LogP contribution < -0.4 is 5.32 Å². The van der Waals surface area contributed by atoms with E-state index in [1.54, 1.807) is 0 Å². The van der Waals surface area contributed by atoms with Crippen molar-refractivity contribution >= 4 is 5.91 Å². The van der Waals surface area contributed by atoms with Crippen LogP contribution in [0.15, 0.2) is 28.7 Å². The van der Waals surface area contributed by atoms with Crippen LogP contribution in [0.25, 0.3) is 11.5 Å². The zero-order valence-corrected chi connectivity index (χ0v) is 10.9. The molecule has 2 rings (SSSR count). The second kappa shape index (κ2) is 4.79. The van der Waals surface area contributed by atoms with Gasteiger partial charge in [-0.15, -0.1) is 10.2 Å². The van der Waals surface area contributed by atoms with Crippen LogP contribution in [0.5, 0.6) is 0 Å². The van der Waals surface area contributed by atoms with Crippen molar-refractivity contribution in [3.05, 3.63) is 36.0 Å². The molecular weight excluding hydrogens is 249 g/mol.